The fourth-order valence-corrected chi connectivity index (χ4v) is 4.32. The number of benzene rings is 2. The average molecular weight is 466 g/mol. The molecule has 34 heavy (non-hydrogen) atoms. The first-order valence-electron chi connectivity index (χ1n) is 11.7. The summed E-state index contributed by atoms with van der Waals surface area (Å²) in [5.41, 5.74) is 2.99. The summed E-state index contributed by atoms with van der Waals surface area (Å²) in [6, 6.07) is 8.40. The Hall–Kier alpha value is -3.39. The van der Waals surface area contributed by atoms with Crippen molar-refractivity contribution in [3.63, 3.8) is 0 Å². The third-order valence-electron chi connectivity index (χ3n) is 6.43. The molecule has 1 aliphatic rings. The number of rotatable bonds is 8. The third-order valence-corrected chi connectivity index (χ3v) is 6.43. The zero-order valence-corrected chi connectivity index (χ0v) is 20.2. The van der Waals surface area contributed by atoms with Gasteiger partial charge in [-0.3, -0.25) is 9.36 Å². The maximum atomic E-state index is 14.7. The van der Waals surface area contributed by atoms with Crippen LogP contribution in [0.2, 0.25) is 0 Å². The van der Waals surface area contributed by atoms with Gasteiger partial charge in [-0.05, 0) is 55.4 Å². The molecular formula is C26H32FN5O2. The number of allylic oxidation sites excluding steroid dienone is 1. The number of anilines is 2. The number of aromatic hydroxyl groups is 1. The number of hydrogen-bond acceptors (Lipinski definition) is 6. The van der Waals surface area contributed by atoms with Crippen molar-refractivity contribution in [1.82, 2.24) is 14.5 Å². The zero-order valence-electron chi connectivity index (χ0n) is 20.2. The van der Waals surface area contributed by atoms with Gasteiger partial charge in [0.15, 0.2) is 0 Å². The summed E-state index contributed by atoms with van der Waals surface area (Å²) in [6.45, 7) is 7.94. The number of phenols is 1. The average Bonchev–Trinajstić information content (AvgIpc) is 3.21. The molecule has 3 aromatic rings. The Balaban J connectivity index is 1.68. The minimum atomic E-state index is -0.453. The molecule has 4 rings (SSSR count). The summed E-state index contributed by atoms with van der Waals surface area (Å²) >= 11 is 0. The Morgan fingerprint density at radius 1 is 1.21 bits per heavy atom. The van der Waals surface area contributed by atoms with Gasteiger partial charge in [0.05, 0.1) is 16.6 Å². The van der Waals surface area contributed by atoms with Crippen molar-refractivity contribution < 1.29 is 9.50 Å². The monoisotopic (exact) mass is 465 g/mol. The van der Waals surface area contributed by atoms with E-state index in [0.717, 1.165) is 30.9 Å². The summed E-state index contributed by atoms with van der Waals surface area (Å²) < 4.78 is 16.3. The molecule has 2 aromatic carbocycles. The van der Waals surface area contributed by atoms with Crippen molar-refractivity contribution in [3.05, 3.63) is 57.9 Å². The molecule has 2 heterocycles. The van der Waals surface area contributed by atoms with Gasteiger partial charge in [0.25, 0.3) is 5.56 Å². The Morgan fingerprint density at radius 3 is 2.65 bits per heavy atom. The van der Waals surface area contributed by atoms with Crippen LogP contribution in [0.25, 0.3) is 22.6 Å². The molecule has 0 radical (unpaired) electrons. The molecule has 0 aliphatic carbocycles. The van der Waals surface area contributed by atoms with Crippen LogP contribution >= 0.6 is 0 Å². The van der Waals surface area contributed by atoms with Gasteiger partial charge in [-0.1, -0.05) is 13.8 Å². The van der Waals surface area contributed by atoms with Crippen LogP contribution in [0.1, 0.15) is 31.7 Å². The zero-order chi connectivity index (χ0) is 24.4. The molecule has 8 heteroatoms. The first kappa shape index (κ1) is 23.8. The van der Waals surface area contributed by atoms with Crippen LogP contribution in [0, 0.1) is 5.82 Å². The highest BCUT2D eigenvalue weighted by atomic mass is 19.1. The third kappa shape index (κ3) is 4.63. The lowest BCUT2D eigenvalue weighted by Crippen LogP contribution is -2.28. The lowest BCUT2D eigenvalue weighted by atomic mass is 10.1. The summed E-state index contributed by atoms with van der Waals surface area (Å²) in [5.74, 6) is 0.280. The second-order valence-electron chi connectivity index (χ2n) is 8.75. The van der Waals surface area contributed by atoms with Crippen LogP contribution in [0.5, 0.6) is 5.75 Å². The molecule has 0 fully saturated rings. The Morgan fingerprint density at radius 2 is 1.97 bits per heavy atom. The number of nitrogens with zero attached hydrogens (tertiary/aromatic N) is 4. The van der Waals surface area contributed by atoms with Crippen LogP contribution < -0.4 is 15.8 Å². The van der Waals surface area contributed by atoms with Gasteiger partial charge in [-0.15, -0.1) is 0 Å². The van der Waals surface area contributed by atoms with Gasteiger partial charge in [0.1, 0.15) is 17.4 Å². The molecule has 180 valence electrons. The van der Waals surface area contributed by atoms with Crippen LogP contribution in [-0.4, -0.2) is 59.8 Å². The van der Waals surface area contributed by atoms with Crippen molar-refractivity contribution in [2.24, 2.45) is 0 Å². The Labute approximate surface area is 199 Å². The molecular weight excluding hydrogens is 433 g/mol. The van der Waals surface area contributed by atoms with E-state index in [1.807, 2.05) is 37.2 Å². The quantitative estimate of drug-likeness (QED) is 0.524. The van der Waals surface area contributed by atoms with E-state index in [1.165, 1.54) is 6.07 Å². The van der Waals surface area contributed by atoms with E-state index in [-0.39, 0.29) is 16.7 Å². The smallest absolute Gasteiger partial charge is 0.261 e. The number of fused-ring (bicyclic) bond motifs is 2. The topological polar surface area (TPSA) is 73.6 Å². The van der Waals surface area contributed by atoms with E-state index in [9.17, 15) is 14.3 Å². The van der Waals surface area contributed by atoms with Crippen LogP contribution in [-0.2, 0) is 6.54 Å². The van der Waals surface area contributed by atoms with Gasteiger partial charge in [-0.2, -0.15) is 0 Å². The molecule has 0 atom stereocenters. The number of hydrogen-bond donors (Lipinski definition) is 2. The minimum absolute atomic E-state index is 0.169. The van der Waals surface area contributed by atoms with Gasteiger partial charge >= 0.3 is 0 Å². The fourth-order valence-electron chi connectivity index (χ4n) is 4.32. The van der Waals surface area contributed by atoms with Gasteiger partial charge in [0.2, 0.25) is 0 Å². The standard InChI is InChI=1S/C26H32FN5O2/c1-5-31(6-2)12-10-28-23-16-22-20(15-21(23)27)26(34)32-11-9-18(25(32)29-22)13-17-7-8-19(30(3)4)14-24(17)33/h7-8,13-16,28,33H,5-6,9-12H2,1-4H3/b18-13+. The number of halogens is 1. The summed E-state index contributed by atoms with van der Waals surface area (Å²) in [7, 11) is 3.83. The predicted octanol–water partition coefficient (Wildman–Crippen LogP) is 4.01. The maximum Gasteiger partial charge on any atom is 0.261 e. The van der Waals surface area contributed by atoms with Gasteiger partial charge in [-0.25, -0.2) is 9.37 Å². The van der Waals surface area contributed by atoms with E-state index in [2.05, 4.69) is 24.1 Å². The van der Waals surface area contributed by atoms with E-state index >= 15 is 0 Å². The Kier molecular flexibility index (Phi) is 6.88. The summed E-state index contributed by atoms with van der Waals surface area (Å²) in [5, 5.41) is 13.9. The molecule has 0 saturated heterocycles. The second kappa shape index (κ2) is 9.85. The van der Waals surface area contributed by atoms with Crippen LogP contribution in [0.3, 0.4) is 0 Å². The van der Waals surface area contributed by atoms with Crippen LogP contribution in [0.15, 0.2) is 35.1 Å². The molecule has 0 saturated carbocycles. The number of nitrogens with one attached hydrogen (secondary N) is 1. The lowest BCUT2D eigenvalue weighted by molar-refractivity contribution is 0.316. The van der Waals surface area contributed by atoms with Crippen molar-refractivity contribution in [2.45, 2.75) is 26.8 Å². The highest BCUT2D eigenvalue weighted by Gasteiger charge is 2.22. The number of aromatic nitrogens is 2. The van der Waals surface area contributed by atoms with Crippen LogP contribution in [0.4, 0.5) is 15.8 Å². The first-order chi connectivity index (χ1) is 16.3. The molecule has 1 aromatic heterocycles. The SMILES string of the molecule is CCN(CC)CCNc1cc2nc3n(c(=O)c2cc1F)CC/C3=C\c1ccc(N(C)C)cc1O. The number of likely N-dealkylation sites (N-methyl/N-ethyl adjacent to an activating group) is 1. The van der Waals surface area contributed by atoms with E-state index in [4.69, 9.17) is 4.98 Å². The molecule has 1 aliphatic heterocycles. The molecule has 0 bridgehead atoms. The molecule has 0 unspecified atom stereocenters. The minimum Gasteiger partial charge on any atom is -0.507 e. The van der Waals surface area contributed by atoms with Crippen molar-refractivity contribution in [1.29, 1.82) is 0 Å². The molecule has 7 nitrogen and oxygen atoms in total. The highest BCUT2D eigenvalue weighted by molar-refractivity contribution is 5.87. The molecule has 0 spiro atoms. The van der Waals surface area contributed by atoms with E-state index < -0.39 is 5.82 Å². The summed E-state index contributed by atoms with van der Waals surface area (Å²) in [4.78, 5) is 22.0. The van der Waals surface area contributed by atoms with Crippen molar-refractivity contribution >= 4 is 33.9 Å². The predicted molar refractivity (Wildman–Crippen MR) is 137 cm³/mol. The lowest BCUT2D eigenvalue weighted by Gasteiger charge is -2.18. The van der Waals surface area contributed by atoms with Crippen molar-refractivity contribution in [3.8, 4) is 5.75 Å². The fraction of sp³-hybridized carbons (Fsp3) is 0.385. The van der Waals surface area contributed by atoms with Gasteiger partial charge in [0, 0.05) is 51.0 Å². The van der Waals surface area contributed by atoms with E-state index in [1.54, 1.807) is 16.7 Å². The largest absolute Gasteiger partial charge is 0.507 e. The second-order valence-corrected chi connectivity index (χ2v) is 8.75. The first-order valence-corrected chi connectivity index (χ1v) is 11.7. The maximum absolute atomic E-state index is 14.7. The van der Waals surface area contributed by atoms with Gasteiger partial charge < -0.3 is 20.2 Å². The normalized spacial score (nSPS) is 14.2. The number of phenolic OH excluding ortho intramolecular Hbond substituents is 1. The van der Waals surface area contributed by atoms with Crippen molar-refractivity contribution in [2.75, 3.05) is 50.5 Å². The van der Waals surface area contributed by atoms with E-state index in [0.29, 0.717) is 42.1 Å². The molecule has 2 N–H and O–H groups in total. The summed E-state index contributed by atoms with van der Waals surface area (Å²) in [6.07, 6.45) is 2.49. The Bertz CT molecular complexity index is 1290. The highest BCUT2D eigenvalue weighted by Crippen LogP contribution is 2.32. The molecule has 0 amide bonds.